The number of carbonyl (C=O) groups excluding carboxylic acids is 1. The monoisotopic (exact) mass is 357 g/mol. The number of amides is 1. The average Bonchev–Trinajstić information content (AvgIpc) is 3.08. The summed E-state index contributed by atoms with van der Waals surface area (Å²) in [5, 5.41) is 5.51. The highest BCUT2D eigenvalue weighted by Gasteiger charge is 2.35. The molecule has 7 heteroatoms. The minimum atomic E-state index is -0.719. The number of rotatable bonds is 3. The van der Waals surface area contributed by atoms with Crippen molar-refractivity contribution >= 4 is 46.1 Å². The first-order valence-corrected chi connectivity index (χ1v) is 8.89. The molecule has 1 aliphatic carbocycles. The lowest BCUT2D eigenvalue weighted by Crippen LogP contribution is -2.52. The van der Waals surface area contributed by atoms with E-state index in [9.17, 15) is 4.79 Å². The summed E-state index contributed by atoms with van der Waals surface area (Å²) in [5.74, 6) is -0.0922. The Hall–Kier alpha value is -0.950. The molecule has 4 nitrogen and oxygen atoms in total. The van der Waals surface area contributed by atoms with Crippen molar-refractivity contribution in [3.8, 4) is 10.6 Å². The summed E-state index contributed by atoms with van der Waals surface area (Å²) in [6, 6.07) is 4.14. The molecule has 2 aromatic rings. The van der Waals surface area contributed by atoms with E-state index in [1.807, 2.05) is 5.38 Å². The maximum atomic E-state index is 12.4. The number of thiophene rings is 1. The van der Waals surface area contributed by atoms with Gasteiger partial charge in [-0.1, -0.05) is 19.3 Å². The summed E-state index contributed by atoms with van der Waals surface area (Å²) in [6.45, 7) is 2.07. The Morgan fingerprint density at radius 2 is 2.05 bits per heavy atom. The van der Waals surface area contributed by atoms with Gasteiger partial charge in [-0.15, -0.1) is 35.1 Å². The Bertz CT molecular complexity index is 647. The molecule has 3 rings (SSSR count). The van der Waals surface area contributed by atoms with E-state index in [4.69, 9.17) is 5.73 Å². The second kappa shape index (κ2) is 7.08. The van der Waals surface area contributed by atoms with Gasteiger partial charge >= 0.3 is 0 Å². The third kappa shape index (κ3) is 3.68. The summed E-state index contributed by atoms with van der Waals surface area (Å²) in [7, 11) is 0. The van der Waals surface area contributed by atoms with Crippen molar-refractivity contribution in [1.29, 1.82) is 0 Å². The van der Waals surface area contributed by atoms with Crippen molar-refractivity contribution in [1.82, 2.24) is 4.98 Å². The van der Waals surface area contributed by atoms with Gasteiger partial charge < -0.3 is 11.1 Å². The SMILES string of the molecule is Cc1ccc(-c2csc(NC(=O)C3(N)CCCCC3)n2)s1.Cl. The zero-order valence-electron chi connectivity index (χ0n) is 12.4. The average molecular weight is 358 g/mol. The van der Waals surface area contributed by atoms with Gasteiger partial charge in [-0.2, -0.15) is 0 Å². The minimum Gasteiger partial charge on any atom is -0.317 e. The van der Waals surface area contributed by atoms with Crippen LogP contribution < -0.4 is 11.1 Å². The molecule has 120 valence electrons. The van der Waals surface area contributed by atoms with Crippen molar-refractivity contribution in [2.75, 3.05) is 5.32 Å². The molecule has 1 amide bonds. The fourth-order valence-electron chi connectivity index (χ4n) is 2.65. The molecule has 0 aromatic carbocycles. The van der Waals surface area contributed by atoms with Crippen molar-refractivity contribution in [3.05, 3.63) is 22.4 Å². The van der Waals surface area contributed by atoms with Crippen LogP contribution in [0.1, 0.15) is 37.0 Å². The summed E-state index contributed by atoms with van der Waals surface area (Å²) in [4.78, 5) is 19.3. The molecule has 0 atom stereocenters. The van der Waals surface area contributed by atoms with Gasteiger partial charge in [0.25, 0.3) is 0 Å². The van der Waals surface area contributed by atoms with Gasteiger partial charge in [0.05, 0.1) is 16.1 Å². The molecule has 0 unspecified atom stereocenters. The topological polar surface area (TPSA) is 68.0 Å². The third-order valence-corrected chi connectivity index (χ3v) is 5.70. The molecule has 0 spiro atoms. The van der Waals surface area contributed by atoms with Crippen molar-refractivity contribution in [2.24, 2.45) is 5.73 Å². The first kappa shape index (κ1) is 17.4. The Labute approximate surface area is 144 Å². The number of thiazole rings is 1. The lowest BCUT2D eigenvalue weighted by molar-refractivity contribution is -0.122. The number of nitrogens with zero attached hydrogens (tertiary/aromatic N) is 1. The van der Waals surface area contributed by atoms with Crippen molar-refractivity contribution in [3.63, 3.8) is 0 Å². The molecule has 2 aromatic heterocycles. The zero-order chi connectivity index (χ0) is 14.9. The predicted octanol–water partition coefficient (Wildman–Crippen LogP) is 4.20. The van der Waals surface area contributed by atoms with Gasteiger partial charge in [0.15, 0.2) is 5.13 Å². The highest BCUT2D eigenvalue weighted by molar-refractivity contribution is 7.17. The molecule has 2 heterocycles. The molecule has 1 saturated carbocycles. The van der Waals surface area contributed by atoms with Crippen LogP contribution in [0.4, 0.5) is 5.13 Å². The molecule has 0 saturated heterocycles. The first-order chi connectivity index (χ1) is 10.1. The van der Waals surface area contributed by atoms with Crippen molar-refractivity contribution in [2.45, 2.75) is 44.6 Å². The van der Waals surface area contributed by atoms with Crippen LogP contribution in [0.5, 0.6) is 0 Å². The van der Waals surface area contributed by atoms with Crippen LogP contribution in [0.15, 0.2) is 17.5 Å². The second-order valence-electron chi connectivity index (χ2n) is 5.62. The Kier molecular flexibility index (Phi) is 5.60. The van der Waals surface area contributed by atoms with E-state index < -0.39 is 5.54 Å². The number of aryl methyl sites for hydroxylation is 1. The van der Waals surface area contributed by atoms with E-state index >= 15 is 0 Å². The maximum absolute atomic E-state index is 12.4. The van der Waals surface area contributed by atoms with E-state index in [-0.39, 0.29) is 18.3 Å². The third-order valence-electron chi connectivity index (χ3n) is 3.92. The number of nitrogens with one attached hydrogen (secondary N) is 1. The Morgan fingerprint density at radius 1 is 1.32 bits per heavy atom. The van der Waals surface area contributed by atoms with Gasteiger partial charge in [-0.25, -0.2) is 4.98 Å². The van der Waals surface area contributed by atoms with Gasteiger partial charge in [-0.3, -0.25) is 4.79 Å². The summed E-state index contributed by atoms with van der Waals surface area (Å²) in [5.41, 5.74) is 6.44. The Balaban J connectivity index is 0.00000176. The van der Waals surface area contributed by atoms with Crippen LogP contribution in [0.25, 0.3) is 10.6 Å². The number of hydrogen-bond donors (Lipinski definition) is 2. The van der Waals surface area contributed by atoms with E-state index in [0.29, 0.717) is 5.13 Å². The quantitative estimate of drug-likeness (QED) is 0.864. The predicted molar refractivity (Wildman–Crippen MR) is 96.0 cm³/mol. The zero-order valence-corrected chi connectivity index (χ0v) is 14.9. The molecule has 1 aliphatic rings. The van der Waals surface area contributed by atoms with Gasteiger partial charge in [0.1, 0.15) is 0 Å². The summed E-state index contributed by atoms with van der Waals surface area (Å²) in [6.07, 6.45) is 4.76. The van der Waals surface area contributed by atoms with Gasteiger partial charge in [0.2, 0.25) is 5.91 Å². The molecule has 1 fully saturated rings. The summed E-state index contributed by atoms with van der Waals surface area (Å²) < 4.78 is 0. The molecule has 3 N–H and O–H groups in total. The van der Waals surface area contributed by atoms with Crippen LogP contribution in [-0.4, -0.2) is 16.4 Å². The molecule has 0 bridgehead atoms. The van der Waals surface area contributed by atoms with Crippen LogP contribution in [-0.2, 0) is 4.79 Å². The maximum Gasteiger partial charge on any atom is 0.246 e. The fourth-order valence-corrected chi connectivity index (χ4v) is 4.26. The van der Waals surface area contributed by atoms with Crippen LogP contribution >= 0.6 is 35.1 Å². The number of hydrogen-bond acceptors (Lipinski definition) is 5. The van der Waals surface area contributed by atoms with Crippen LogP contribution in [0.3, 0.4) is 0 Å². The second-order valence-corrected chi connectivity index (χ2v) is 7.77. The lowest BCUT2D eigenvalue weighted by atomic mass is 9.82. The number of carbonyl (C=O) groups is 1. The van der Waals surface area contributed by atoms with Gasteiger partial charge in [0, 0.05) is 10.3 Å². The standard InChI is InChI=1S/C15H19N3OS2.ClH/c1-10-5-6-12(21-10)11-9-20-14(17-11)18-13(19)15(16)7-3-2-4-8-15;/h5-6,9H,2-4,7-8,16H2,1H3,(H,17,18,19);1H. The minimum absolute atomic E-state index is 0. The number of halogens is 1. The van der Waals surface area contributed by atoms with E-state index in [2.05, 4.69) is 29.4 Å². The number of nitrogens with two attached hydrogens (primary N) is 1. The van der Waals surface area contributed by atoms with Gasteiger partial charge in [-0.05, 0) is 31.9 Å². The molecular formula is C15H20ClN3OS2. The summed E-state index contributed by atoms with van der Waals surface area (Å²) >= 11 is 3.16. The number of aromatic nitrogens is 1. The van der Waals surface area contributed by atoms with Crippen molar-refractivity contribution < 1.29 is 4.79 Å². The molecular weight excluding hydrogens is 338 g/mol. The molecule has 0 radical (unpaired) electrons. The normalized spacial score (nSPS) is 16.8. The lowest BCUT2D eigenvalue weighted by Gasteiger charge is -2.31. The van der Waals surface area contributed by atoms with Crippen LogP contribution in [0, 0.1) is 6.92 Å². The highest BCUT2D eigenvalue weighted by atomic mass is 35.5. The van der Waals surface area contributed by atoms with E-state index in [0.717, 1.165) is 36.3 Å². The Morgan fingerprint density at radius 3 is 2.68 bits per heavy atom. The first-order valence-electron chi connectivity index (χ1n) is 7.19. The fraction of sp³-hybridized carbons (Fsp3) is 0.467. The van der Waals surface area contributed by atoms with E-state index in [1.54, 1.807) is 11.3 Å². The van der Waals surface area contributed by atoms with E-state index in [1.165, 1.54) is 22.6 Å². The molecule has 22 heavy (non-hydrogen) atoms. The largest absolute Gasteiger partial charge is 0.317 e. The number of anilines is 1. The smallest absolute Gasteiger partial charge is 0.246 e. The molecule has 0 aliphatic heterocycles. The van der Waals surface area contributed by atoms with Crippen LogP contribution in [0.2, 0.25) is 0 Å². The highest BCUT2D eigenvalue weighted by Crippen LogP contribution is 2.32.